The van der Waals surface area contributed by atoms with Gasteiger partial charge in [0.05, 0.1) is 0 Å². The maximum absolute atomic E-state index is 5.83. The summed E-state index contributed by atoms with van der Waals surface area (Å²) in [5.41, 5.74) is 7.88. The molecule has 0 bridgehead atoms. The number of rotatable bonds is 4. The molecule has 0 fully saturated rings. The Morgan fingerprint density at radius 1 is 1.11 bits per heavy atom. The monoisotopic (exact) mass is 261 g/mol. The Hall–Kier alpha value is -1.51. The average Bonchev–Trinajstić information content (AvgIpc) is 2.36. The van der Waals surface area contributed by atoms with E-state index in [4.69, 9.17) is 22.1 Å². The van der Waals surface area contributed by atoms with E-state index < -0.39 is 0 Å². The fraction of sp³-hybridized carbons (Fsp3) is 0.200. The van der Waals surface area contributed by atoms with Gasteiger partial charge in [-0.05, 0) is 61.3 Å². The van der Waals surface area contributed by atoms with Crippen LogP contribution >= 0.6 is 11.6 Å². The van der Waals surface area contributed by atoms with Crippen LogP contribution < -0.4 is 10.5 Å². The van der Waals surface area contributed by atoms with Crippen LogP contribution in [0.2, 0.25) is 5.02 Å². The molecular formula is C15H16ClNO. The van der Waals surface area contributed by atoms with Crippen LogP contribution in [0.15, 0.2) is 42.5 Å². The highest BCUT2D eigenvalue weighted by atomic mass is 35.5. The SMILES string of the molecule is Cc1cc(CCN)ccc1Oc1ccc(Cl)cc1. The summed E-state index contributed by atoms with van der Waals surface area (Å²) in [6, 6.07) is 13.5. The summed E-state index contributed by atoms with van der Waals surface area (Å²) >= 11 is 5.83. The molecule has 2 N–H and O–H groups in total. The summed E-state index contributed by atoms with van der Waals surface area (Å²) in [5.74, 6) is 1.65. The smallest absolute Gasteiger partial charge is 0.130 e. The molecule has 0 atom stereocenters. The predicted molar refractivity (Wildman–Crippen MR) is 75.5 cm³/mol. The van der Waals surface area contributed by atoms with Gasteiger partial charge in [0.1, 0.15) is 11.5 Å². The van der Waals surface area contributed by atoms with E-state index in [2.05, 4.69) is 6.07 Å². The minimum absolute atomic E-state index is 0.664. The van der Waals surface area contributed by atoms with Crippen molar-refractivity contribution in [1.29, 1.82) is 0 Å². The molecule has 0 saturated carbocycles. The largest absolute Gasteiger partial charge is 0.457 e. The quantitative estimate of drug-likeness (QED) is 0.905. The van der Waals surface area contributed by atoms with Gasteiger partial charge in [-0.15, -0.1) is 0 Å². The van der Waals surface area contributed by atoms with Gasteiger partial charge in [0.15, 0.2) is 0 Å². The van der Waals surface area contributed by atoms with E-state index >= 15 is 0 Å². The van der Waals surface area contributed by atoms with E-state index in [1.165, 1.54) is 5.56 Å². The Labute approximate surface area is 112 Å². The molecule has 2 rings (SSSR count). The zero-order valence-electron chi connectivity index (χ0n) is 10.3. The normalized spacial score (nSPS) is 10.4. The van der Waals surface area contributed by atoms with Gasteiger partial charge in [-0.25, -0.2) is 0 Å². The van der Waals surface area contributed by atoms with E-state index in [-0.39, 0.29) is 0 Å². The van der Waals surface area contributed by atoms with Crippen LogP contribution in [0.25, 0.3) is 0 Å². The molecule has 0 saturated heterocycles. The summed E-state index contributed by atoms with van der Waals surface area (Å²) < 4.78 is 5.81. The average molecular weight is 262 g/mol. The van der Waals surface area contributed by atoms with Crippen LogP contribution in [0.5, 0.6) is 11.5 Å². The van der Waals surface area contributed by atoms with E-state index in [0.29, 0.717) is 11.6 Å². The van der Waals surface area contributed by atoms with Crippen molar-refractivity contribution in [1.82, 2.24) is 0 Å². The topological polar surface area (TPSA) is 35.2 Å². The third-order valence-corrected chi connectivity index (χ3v) is 2.97. The number of nitrogens with two attached hydrogens (primary N) is 1. The summed E-state index contributed by atoms with van der Waals surface area (Å²) in [7, 11) is 0. The van der Waals surface area contributed by atoms with Crippen molar-refractivity contribution in [2.24, 2.45) is 5.73 Å². The third kappa shape index (κ3) is 3.25. The zero-order valence-corrected chi connectivity index (χ0v) is 11.1. The van der Waals surface area contributed by atoms with Gasteiger partial charge >= 0.3 is 0 Å². The molecule has 2 aromatic rings. The van der Waals surface area contributed by atoms with Crippen LogP contribution in [0.4, 0.5) is 0 Å². The number of hydrogen-bond donors (Lipinski definition) is 1. The van der Waals surface area contributed by atoms with Crippen molar-refractivity contribution in [2.45, 2.75) is 13.3 Å². The Morgan fingerprint density at radius 2 is 1.83 bits per heavy atom. The lowest BCUT2D eigenvalue weighted by molar-refractivity contribution is 0.478. The molecule has 0 heterocycles. The molecule has 0 aliphatic heterocycles. The Morgan fingerprint density at radius 3 is 2.44 bits per heavy atom. The number of benzene rings is 2. The lowest BCUT2D eigenvalue weighted by Crippen LogP contribution is -2.02. The number of ether oxygens (including phenoxy) is 1. The second-order valence-electron chi connectivity index (χ2n) is 4.19. The molecule has 18 heavy (non-hydrogen) atoms. The standard InChI is InChI=1S/C15H16ClNO/c1-11-10-12(8-9-17)2-7-15(11)18-14-5-3-13(16)4-6-14/h2-7,10H,8-9,17H2,1H3. The van der Waals surface area contributed by atoms with E-state index in [1.54, 1.807) is 0 Å². The van der Waals surface area contributed by atoms with Crippen LogP contribution in [0.1, 0.15) is 11.1 Å². The van der Waals surface area contributed by atoms with Crippen LogP contribution in [0.3, 0.4) is 0 Å². The first-order valence-electron chi connectivity index (χ1n) is 5.92. The number of hydrogen-bond acceptors (Lipinski definition) is 2. The fourth-order valence-electron chi connectivity index (χ4n) is 1.78. The van der Waals surface area contributed by atoms with Crippen LogP contribution in [0, 0.1) is 6.92 Å². The lowest BCUT2D eigenvalue weighted by atomic mass is 10.1. The zero-order chi connectivity index (χ0) is 13.0. The van der Waals surface area contributed by atoms with Gasteiger partial charge < -0.3 is 10.5 Å². The van der Waals surface area contributed by atoms with E-state index in [0.717, 1.165) is 23.5 Å². The first-order valence-corrected chi connectivity index (χ1v) is 6.30. The molecule has 0 amide bonds. The highest BCUT2D eigenvalue weighted by Gasteiger charge is 2.02. The second kappa shape index (κ2) is 5.89. The Bertz CT molecular complexity index is 523. The minimum atomic E-state index is 0.664. The second-order valence-corrected chi connectivity index (χ2v) is 4.63. The van der Waals surface area contributed by atoms with Crippen LogP contribution in [-0.4, -0.2) is 6.54 Å². The first-order chi connectivity index (χ1) is 8.69. The van der Waals surface area contributed by atoms with Gasteiger partial charge in [-0.2, -0.15) is 0 Å². The first kappa shape index (κ1) is 12.9. The van der Waals surface area contributed by atoms with Crippen molar-refractivity contribution in [3.63, 3.8) is 0 Å². The molecular weight excluding hydrogens is 246 g/mol. The van der Waals surface area contributed by atoms with Gasteiger partial charge in [0, 0.05) is 5.02 Å². The molecule has 3 heteroatoms. The lowest BCUT2D eigenvalue weighted by Gasteiger charge is -2.10. The molecule has 0 spiro atoms. The van der Waals surface area contributed by atoms with Crippen molar-refractivity contribution < 1.29 is 4.74 Å². The van der Waals surface area contributed by atoms with Crippen molar-refractivity contribution in [2.75, 3.05) is 6.54 Å². The minimum Gasteiger partial charge on any atom is -0.457 e. The molecule has 0 aromatic heterocycles. The Balaban J connectivity index is 2.16. The van der Waals surface area contributed by atoms with Gasteiger partial charge in [-0.3, -0.25) is 0 Å². The maximum Gasteiger partial charge on any atom is 0.130 e. The molecule has 94 valence electrons. The van der Waals surface area contributed by atoms with Gasteiger partial charge in [0.2, 0.25) is 0 Å². The summed E-state index contributed by atoms with van der Waals surface area (Å²) in [5, 5.41) is 0.706. The van der Waals surface area contributed by atoms with Crippen molar-refractivity contribution in [3.8, 4) is 11.5 Å². The highest BCUT2D eigenvalue weighted by Crippen LogP contribution is 2.26. The van der Waals surface area contributed by atoms with E-state index in [9.17, 15) is 0 Å². The molecule has 0 aliphatic rings. The molecule has 2 aromatic carbocycles. The van der Waals surface area contributed by atoms with Crippen molar-refractivity contribution in [3.05, 3.63) is 58.6 Å². The van der Waals surface area contributed by atoms with E-state index in [1.807, 2.05) is 43.3 Å². The number of halogens is 1. The van der Waals surface area contributed by atoms with Gasteiger partial charge in [-0.1, -0.05) is 23.7 Å². The molecule has 0 unspecified atom stereocenters. The summed E-state index contributed by atoms with van der Waals surface area (Å²) in [4.78, 5) is 0. The molecule has 0 radical (unpaired) electrons. The maximum atomic E-state index is 5.83. The summed E-state index contributed by atoms with van der Waals surface area (Å²) in [6.45, 7) is 2.70. The highest BCUT2D eigenvalue weighted by molar-refractivity contribution is 6.30. The molecule has 2 nitrogen and oxygen atoms in total. The molecule has 0 aliphatic carbocycles. The fourth-order valence-corrected chi connectivity index (χ4v) is 1.90. The van der Waals surface area contributed by atoms with Crippen molar-refractivity contribution >= 4 is 11.6 Å². The third-order valence-electron chi connectivity index (χ3n) is 2.71. The Kier molecular flexibility index (Phi) is 4.24. The van der Waals surface area contributed by atoms with Crippen LogP contribution in [-0.2, 0) is 6.42 Å². The predicted octanol–water partition coefficient (Wildman–Crippen LogP) is 3.94. The number of aryl methyl sites for hydroxylation is 1. The summed E-state index contributed by atoms with van der Waals surface area (Å²) in [6.07, 6.45) is 0.891. The van der Waals surface area contributed by atoms with Gasteiger partial charge in [0.25, 0.3) is 0 Å².